The topological polar surface area (TPSA) is 97.7 Å². The molecule has 194 valence electrons. The number of hydrogen-bond donors (Lipinski definition) is 1. The number of rotatable bonds is 9. The van der Waals surface area contributed by atoms with E-state index in [4.69, 9.17) is 16.3 Å². The molecule has 0 fully saturated rings. The van der Waals surface area contributed by atoms with Crippen LogP contribution in [0.25, 0.3) is 10.2 Å². The fourth-order valence-corrected chi connectivity index (χ4v) is 6.52. The number of para-hydroxylation sites is 2. The number of aromatic nitrogens is 1. The molecule has 0 saturated heterocycles. The highest BCUT2D eigenvalue weighted by Crippen LogP contribution is 2.33. The van der Waals surface area contributed by atoms with Gasteiger partial charge in [-0.05, 0) is 75.4 Å². The molecule has 0 bridgehead atoms. The van der Waals surface area contributed by atoms with Crippen molar-refractivity contribution in [2.75, 3.05) is 22.8 Å². The van der Waals surface area contributed by atoms with Gasteiger partial charge in [0.2, 0.25) is 5.91 Å². The zero-order valence-corrected chi connectivity index (χ0v) is 22.9. The second-order valence-corrected chi connectivity index (χ2v) is 11.7. The number of fused-ring (bicyclic) bond motifs is 1. The maximum atomic E-state index is 13.7. The zero-order chi connectivity index (χ0) is 26.7. The Bertz CT molecular complexity index is 1590. The molecule has 0 saturated carbocycles. The van der Waals surface area contributed by atoms with Crippen LogP contribution in [0.15, 0.2) is 76.4 Å². The van der Waals surface area contributed by atoms with Crippen LogP contribution in [0, 0.1) is 0 Å². The lowest BCUT2D eigenvalue weighted by Crippen LogP contribution is -2.38. The number of carbonyl (C=O) groups excluding carboxylic acids is 1. The van der Waals surface area contributed by atoms with Crippen molar-refractivity contribution in [2.24, 2.45) is 0 Å². The first-order chi connectivity index (χ1) is 17.6. The van der Waals surface area contributed by atoms with Crippen molar-refractivity contribution in [2.45, 2.75) is 31.7 Å². The summed E-state index contributed by atoms with van der Waals surface area (Å²) in [7, 11) is -4.15. The summed E-state index contributed by atoms with van der Waals surface area (Å²) in [6, 6.07) is 17.6. The van der Waals surface area contributed by atoms with E-state index in [9.17, 15) is 18.0 Å². The van der Waals surface area contributed by atoms with Crippen molar-refractivity contribution < 1.29 is 17.9 Å². The number of carbonyl (C=O) groups is 1. The molecule has 0 aliphatic carbocycles. The van der Waals surface area contributed by atoms with Gasteiger partial charge < -0.3 is 10.1 Å². The number of anilines is 2. The van der Waals surface area contributed by atoms with E-state index in [1.807, 2.05) is 13.8 Å². The van der Waals surface area contributed by atoms with E-state index >= 15 is 0 Å². The predicted octanol–water partition coefficient (Wildman–Crippen LogP) is 5.53. The molecule has 3 aromatic carbocycles. The van der Waals surface area contributed by atoms with Crippen molar-refractivity contribution in [3.8, 4) is 5.75 Å². The lowest BCUT2D eigenvalue weighted by molar-refractivity contribution is -0.114. The lowest BCUT2D eigenvalue weighted by Gasteiger charge is -2.26. The summed E-state index contributed by atoms with van der Waals surface area (Å²) in [5.74, 6) is -0.226. The Hall–Kier alpha value is -3.34. The van der Waals surface area contributed by atoms with E-state index in [1.54, 1.807) is 54.0 Å². The molecule has 0 aliphatic heterocycles. The summed E-state index contributed by atoms with van der Waals surface area (Å²) in [5, 5.41) is 3.16. The lowest BCUT2D eigenvalue weighted by atomic mass is 10.2. The van der Waals surface area contributed by atoms with Crippen molar-refractivity contribution in [1.82, 2.24) is 4.57 Å². The van der Waals surface area contributed by atoms with Gasteiger partial charge in [-0.15, -0.1) is 0 Å². The maximum Gasteiger partial charge on any atom is 0.308 e. The highest BCUT2D eigenvalue weighted by Gasteiger charge is 2.29. The first-order valence-corrected chi connectivity index (χ1v) is 14.2. The standard InChI is InChI=1S/C26H26ClN3O5S2/c1-4-35-23-8-6-5-7-21(23)29(37(33,34)20-12-9-18(27)10-13-20)16-25(31)28-19-11-14-22-24(15-19)36-26(32)30(22)17(2)3/h5-15,17H,4,16H2,1-3H3,(H,28,31). The molecule has 1 N–H and O–H groups in total. The fraction of sp³-hybridized carbons (Fsp3) is 0.231. The van der Waals surface area contributed by atoms with Gasteiger partial charge >= 0.3 is 4.87 Å². The van der Waals surface area contributed by atoms with E-state index in [-0.39, 0.29) is 21.5 Å². The molecule has 0 radical (unpaired) electrons. The van der Waals surface area contributed by atoms with Crippen LogP contribution in [0.1, 0.15) is 26.8 Å². The largest absolute Gasteiger partial charge is 0.492 e. The van der Waals surface area contributed by atoms with E-state index in [0.717, 1.165) is 25.9 Å². The van der Waals surface area contributed by atoms with Crippen LogP contribution in [0.2, 0.25) is 5.02 Å². The van der Waals surface area contributed by atoms with Crippen LogP contribution in [-0.4, -0.2) is 32.0 Å². The van der Waals surface area contributed by atoms with E-state index in [1.165, 1.54) is 24.3 Å². The molecule has 11 heteroatoms. The number of sulfonamides is 1. The number of halogens is 1. The second-order valence-electron chi connectivity index (χ2n) is 8.43. The van der Waals surface area contributed by atoms with Crippen LogP contribution < -0.4 is 19.2 Å². The minimum Gasteiger partial charge on any atom is -0.492 e. The highest BCUT2D eigenvalue weighted by atomic mass is 35.5. The van der Waals surface area contributed by atoms with Crippen LogP contribution in [-0.2, 0) is 14.8 Å². The quantitative estimate of drug-likeness (QED) is 0.291. The van der Waals surface area contributed by atoms with Gasteiger partial charge in [-0.3, -0.25) is 18.5 Å². The molecule has 1 amide bonds. The number of amides is 1. The molecule has 0 atom stereocenters. The number of ether oxygens (including phenoxy) is 1. The van der Waals surface area contributed by atoms with Gasteiger partial charge in [-0.25, -0.2) is 8.42 Å². The molecule has 1 aromatic heterocycles. The summed E-state index contributed by atoms with van der Waals surface area (Å²) >= 11 is 7.05. The molecule has 4 rings (SSSR count). The van der Waals surface area contributed by atoms with Crippen LogP contribution >= 0.6 is 22.9 Å². The third-order valence-electron chi connectivity index (χ3n) is 5.54. The van der Waals surface area contributed by atoms with Gasteiger partial charge in [0.1, 0.15) is 12.3 Å². The molecule has 0 aliphatic rings. The predicted molar refractivity (Wildman–Crippen MR) is 149 cm³/mol. The van der Waals surface area contributed by atoms with Crippen LogP contribution in [0.3, 0.4) is 0 Å². The summed E-state index contributed by atoms with van der Waals surface area (Å²) < 4.78 is 36.5. The maximum absolute atomic E-state index is 13.7. The second kappa shape index (κ2) is 11.0. The third kappa shape index (κ3) is 5.66. The van der Waals surface area contributed by atoms with Gasteiger partial charge in [0.15, 0.2) is 0 Å². The Labute approximate surface area is 224 Å². The molecule has 1 heterocycles. The number of hydrogen-bond acceptors (Lipinski definition) is 6. The van der Waals surface area contributed by atoms with Crippen molar-refractivity contribution in [3.63, 3.8) is 0 Å². The Morgan fingerprint density at radius 3 is 2.49 bits per heavy atom. The SMILES string of the molecule is CCOc1ccccc1N(CC(=O)Nc1ccc2c(c1)sc(=O)n2C(C)C)S(=O)(=O)c1ccc(Cl)cc1. The smallest absolute Gasteiger partial charge is 0.308 e. The average Bonchev–Trinajstić information content (AvgIpc) is 3.18. The van der Waals surface area contributed by atoms with Crippen molar-refractivity contribution in [1.29, 1.82) is 0 Å². The molecule has 4 aromatic rings. The molecule has 0 unspecified atom stereocenters. The molecular formula is C26H26ClN3O5S2. The van der Waals surface area contributed by atoms with Gasteiger partial charge in [0, 0.05) is 16.8 Å². The Morgan fingerprint density at radius 2 is 1.81 bits per heavy atom. The van der Waals surface area contributed by atoms with E-state index in [0.29, 0.717) is 23.1 Å². The Balaban J connectivity index is 1.68. The number of thiazole rings is 1. The van der Waals surface area contributed by atoms with Gasteiger partial charge in [-0.1, -0.05) is 35.1 Å². The zero-order valence-electron chi connectivity index (χ0n) is 20.5. The summed E-state index contributed by atoms with van der Waals surface area (Å²) in [6.07, 6.45) is 0. The molecular weight excluding hydrogens is 534 g/mol. The van der Waals surface area contributed by atoms with Crippen molar-refractivity contribution in [3.05, 3.63) is 81.4 Å². The van der Waals surface area contributed by atoms with Gasteiger partial charge in [0.25, 0.3) is 10.0 Å². The first kappa shape index (κ1) is 26.7. The monoisotopic (exact) mass is 559 g/mol. The summed E-state index contributed by atoms with van der Waals surface area (Å²) in [5.41, 5.74) is 1.47. The molecule has 8 nitrogen and oxygen atoms in total. The van der Waals surface area contributed by atoms with Gasteiger partial charge in [0.05, 0.1) is 27.4 Å². The minimum atomic E-state index is -4.15. The number of nitrogens with one attached hydrogen (secondary N) is 1. The van der Waals surface area contributed by atoms with Crippen molar-refractivity contribution >= 4 is 60.5 Å². The molecule has 0 spiro atoms. The number of nitrogens with zero attached hydrogens (tertiary/aromatic N) is 2. The third-order valence-corrected chi connectivity index (χ3v) is 8.48. The fourth-order valence-electron chi connectivity index (χ4n) is 3.91. The van der Waals surface area contributed by atoms with E-state index in [2.05, 4.69) is 5.32 Å². The van der Waals surface area contributed by atoms with Crippen LogP contribution in [0.5, 0.6) is 5.75 Å². The average molecular weight is 560 g/mol. The van der Waals surface area contributed by atoms with Gasteiger partial charge in [-0.2, -0.15) is 0 Å². The minimum absolute atomic E-state index is 0.00117. The highest BCUT2D eigenvalue weighted by molar-refractivity contribution is 7.92. The summed E-state index contributed by atoms with van der Waals surface area (Å²) in [6.45, 7) is 5.46. The molecule has 37 heavy (non-hydrogen) atoms. The summed E-state index contributed by atoms with van der Waals surface area (Å²) in [4.78, 5) is 25.4. The van der Waals surface area contributed by atoms with E-state index < -0.39 is 22.5 Å². The first-order valence-electron chi connectivity index (χ1n) is 11.6. The number of benzene rings is 3. The Kier molecular flexibility index (Phi) is 7.91. The normalized spacial score (nSPS) is 11.6. The Morgan fingerprint density at radius 1 is 1.11 bits per heavy atom. The van der Waals surface area contributed by atoms with Crippen LogP contribution in [0.4, 0.5) is 11.4 Å².